The summed E-state index contributed by atoms with van der Waals surface area (Å²) in [6, 6.07) is 17.7. The summed E-state index contributed by atoms with van der Waals surface area (Å²) in [6.07, 6.45) is 2.60. The lowest BCUT2D eigenvalue weighted by Crippen LogP contribution is -2.45. The summed E-state index contributed by atoms with van der Waals surface area (Å²) < 4.78 is 11.8. The minimum Gasteiger partial charge on any atom is -0.494 e. The van der Waals surface area contributed by atoms with E-state index in [4.69, 9.17) is 9.47 Å². The van der Waals surface area contributed by atoms with Crippen molar-refractivity contribution in [1.82, 2.24) is 10.2 Å². The molecule has 6 heteroatoms. The summed E-state index contributed by atoms with van der Waals surface area (Å²) in [5.74, 6) is 1.39. The molecule has 0 saturated carbocycles. The van der Waals surface area contributed by atoms with Gasteiger partial charge in [-0.2, -0.15) is 0 Å². The van der Waals surface area contributed by atoms with Crippen molar-refractivity contribution < 1.29 is 19.1 Å². The summed E-state index contributed by atoms with van der Waals surface area (Å²) in [5.41, 5.74) is 2.75. The van der Waals surface area contributed by atoms with Gasteiger partial charge in [-0.05, 0) is 55.7 Å². The Hall–Kier alpha value is -3.54. The maximum Gasteiger partial charge on any atom is 0.254 e. The molecule has 6 nitrogen and oxygen atoms in total. The number of fused-ring (bicyclic) bond motifs is 2. The van der Waals surface area contributed by atoms with E-state index < -0.39 is 0 Å². The van der Waals surface area contributed by atoms with Gasteiger partial charge in [-0.1, -0.05) is 36.4 Å². The predicted molar refractivity (Wildman–Crippen MR) is 136 cm³/mol. The third-order valence-electron chi connectivity index (χ3n) is 6.93. The molecule has 35 heavy (non-hydrogen) atoms. The SMILES string of the molecule is CCOc1cc2c(cc1CNC(=O)C1CCCN(C(=O)c3cccc4ccccc34)C1)OC(C)C2. The molecular weight excluding hydrogens is 440 g/mol. The first-order valence-electron chi connectivity index (χ1n) is 12.5. The third-order valence-corrected chi connectivity index (χ3v) is 6.93. The van der Waals surface area contributed by atoms with Crippen LogP contribution in [0.15, 0.2) is 54.6 Å². The Labute approximate surface area is 206 Å². The zero-order valence-electron chi connectivity index (χ0n) is 20.4. The molecule has 2 amide bonds. The van der Waals surface area contributed by atoms with E-state index in [-0.39, 0.29) is 23.8 Å². The van der Waals surface area contributed by atoms with E-state index in [1.807, 2.05) is 66.4 Å². The van der Waals surface area contributed by atoms with Crippen molar-refractivity contribution in [3.8, 4) is 11.5 Å². The lowest BCUT2D eigenvalue weighted by Gasteiger charge is -2.32. The fourth-order valence-corrected chi connectivity index (χ4v) is 5.19. The van der Waals surface area contributed by atoms with E-state index in [9.17, 15) is 9.59 Å². The normalized spacial score (nSPS) is 19.2. The summed E-state index contributed by atoms with van der Waals surface area (Å²) in [5, 5.41) is 5.08. The van der Waals surface area contributed by atoms with Gasteiger partial charge in [0, 0.05) is 42.7 Å². The number of amides is 2. The number of benzene rings is 3. The average molecular weight is 473 g/mol. The van der Waals surface area contributed by atoms with E-state index in [1.165, 1.54) is 0 Å². The van der Waals surface area contributed by atoms with E-state index in [0.717, 1.165) is 52.7 Å². The second-order valence-corrected chi connectivity index (χ2v) is 9.47. The molecule has 3 aromatic rings. The van der Waals surface area contributed by atoms with Crippen LogP contribution in [0.3, 0.4) is 0 Å². The number of nitrogens with zero attached hydrogens (tertiary/aromatic N) is 1. The van der Waals surface area contributed by atoms with Crippen LogP contribution in [0.5, 0.6) is 11.5 Å². The number of hydrogen-bond acceptors (Lipinski definition) is 4. The van der Waals surface area contributed by atoms with Gasteiger partial charge < -0.3 is 19.7 Å². The number of ether oxygens (including phenoxy) is 2. The van der Waals surface area contributed by atoms with Crippen molar-refractivity contribution in [3.05, 3.63) is 71.3 Å². The van der Waals surface area contributed by atoms with E-state index >= 15 is 0 Å². The Morgan fingerprint density at radius 3 is 2.83 bits per heavy atom. The van der Waals surface area contributed by atoms with Crippen molar-refractivity contribution in [1.29, 1.82) is 0 Å². The summed E-state index contributed by atoms with van der Waals surface area (Å²) in [7, 11) is 0. The van der Waals surface area contributed by atoms with Crippen molar-refractivity contribution in [3.63, 3.8) is 0 Å². The fraction of sp³-hybridized carbons (Fsp3) is 0.379. The molecule has 2 atom stereocenters. The maximum atomic E-state index is 13.4. The number of carbonyl (C=O) groups excluding carboxylic acids is 2. The van der Waals surface area contributed by atoms with Crippen molar-refractivity contribution in [2.75, 3.05) is 19.7 Å². The molecule has 2 unspecified atom stereocenters. The molecule has 1 saturated heterocycles. The first-order valence-corrected chi connectivity index (χ1v) is 12.5. The second kappa shape index (κ2) is 9.98. The van der Waals surface area contributed by atoms with Crippen LogP contribution in [-0.2, 0) is 17.8 Å². The van der Waals surface area contributed by atoms with Crippen molar-refractivity contribution in [2.45, 2.75) is 45.8 Å². The largest absolute Gasteiger partial charge is 0.494 e. The number of rotatable bonds is 6. The van der Waals surface area contributed by atoms with Crippen LogP contribution in [0.2, 0.25) is 0 Å². The third kappa shape index (κ3) is 4.83. The van der Waals surface area contributed by atoms with Crippen LogP contribution in [0.25, 0.3) is 10.8 Å². The van der Waals surface area contributed by atoms with Crippen LogP contribution < -0.4 is 14.8 Å². The molecule has 2 aliphatic heterocycles. The molecule has 0 aromatic heterocycles. The molecule has 0 aliphatic carbocycles. The molecule has 5 rings (SSSR count). The van der Waals surface area contributed by atoms with Crippen LogP contribution >= 0.6 is 0 Å². The molecule has 3 aromatic carbocycles. The van der Waals surface area contributed by atoms with Crippen LogP contribution in [0.1, 0.15) is 48.2 Å². The molecule has 2 heterocycles. The Morgan fingerprint density at radius 2 is 1.97 bits per heavy atom. The Bertz CT molecular complexity index is 1250. The molecule has 1 N–H and O–H groups in total. The molecule has 1 fully saturated rings. The molecule has 182 valence electrons. The minimum atomic E-state index is -0.232. The summed E-state index contributed by atoms with van der Waals surface area (Å²) >= 11 is 0. The van der Waals surface area contributed by atoms with Crippen LogP contribution in [0.4, 0.5) is 0 Å². The lowest BCUT2D eigenvalue weighted by molar-refractivity contribution is -0.126. The van der Waals surface area contributed by atoms with Gasteiger partial charge in [0.05, 0.1) is 12.5 Å². The van der Waals surface area contributed by atoms with E-state index in [1.54, 1.807) is 0 Å². The standard InChI is InChI=1S/C29H32N2O4/c1-3-34-26-15-22-14-19(2)35-27(22)16-23(26)17-30-28(32)21-10-7-13-31(18-21)29(33)25-12-6-9-20-8-4-5-11-24(20)25/h4-6,8-9,11-12,15-16,19,21H,3,7,10,13-14,17-18H2,1-2H3,(H,30,32). The Morgan fingerprint density at radius 1 is 1.14 bits per heavy atom. The van der Waals surface area contributed by atoms with Gasteiger partial charge in [0.25, 0.3) is 5.91 Å². The number of nitrogens with one attached hydrogen (secondary N) is 1. The average Bonchev–Trinajstić information content (AvgIpc) is 3.25. The quantitative estimate of drug-likeness (QED) is 0.563. The first kappa shape index (κ1) is 23.2. The molecule has 0 spiro atoms. The van der Waals surface area contributed by atoms with Gasteiger partial charge in [0.15, 0.2) is 0 Å². The second-order valence-electron chi connectivity index (χ2n) is 9.47. The number of likely N-dealkylation sites (tertiary alicyclic amines) is 1. The minimum absolute atomic E-state index is 0.0113. The highest BCUT2D eigenvalue weighted by atomic mass is 16.5. The summed E-state index contributed by atoms with van der Waals surface area (Å²) in [4.78, 5) is 28.3. The number of carbonyl (C=O) groups is 2. The van der Waals surface area contributed by atoms with E-state index in [2.05, 4.69) is 12.2 Å². The number of hydrogen-bond donors (Lipinski definition) is 1. The maximum absolute atomic E-state index is 13.4. The Kier molecular flexibility index (Phi) is 6.62. The number of piperidine rings is 1. The van der Waals surface area contributed by atoms with Gasteiger partial charge in [-0.25, -0.2) is 0 Å². The highest BCUT2D eigenvalue weighted by molar-refractivity contribution is 6.07. The highest BCUT2D eigenvalue weighted by Gasteiger charge is 2.30. The van der Waals surface area contributed by atoms with Crippen LogP contribution in [-0.4, -0.2) is 42.5 Å². The lowest BCUT2D eigenvalue weighted by atomic mass is 9.95. The molecular formula is C29H32N2O4. The molecule has 0 bridgehead atoms. The monoisotopic (exact) mass is 472 g/mol. The van der Waals surface area contributed by atoms with Crippen molar-refractivity contribution in [2.24, 2.45) is 5.92 Å². The summed E-state index contributed by atoms with van der Waals surface area (Å²) in [6.45, 7) is 6.03. The van der Waals surface area contributed by atoms with Crippen molar-refractivity contribution >= 4 is 22.6 Å². The zero-order chi connectivity index (χ0) is 24.4. The smallest absolute Gasteiger partial charge is 0.254 e. The zero-order valence-corrected chi connectivity index (χ0v) is 20.4. The van der Waals surface area contributed by atoms with Gasteiger partial charge >= 0.3 is 0 Å². The van der Waals surface area contributed by atoms with Gasteiger partial charge in [-0.3, -0.25) is 9.59 Å². The topological polar surface area (TPSA) is 67.9 Å². The first-order chi connectivity index (χ1) is 17.0. The fourth-order valence-electron chi connectivity index (χ4n) is 5.19. The van der Waals surface area contributed by atoms with Gasteiger partial charge in [-0.15, -0.1) is 0 Å². The molecule has 2 aliphatic rings. The Balaban J connectivity index is 1.26. The predicted octanol–water partition coefficient (Wildman–Crippen LogP) is 4.73. The van der Waals surface area contributed by atoms with Gasteiger partial charge in [0.1, 0.15) is 17.6 Å². The highest BCUT2D eigenvalue weighted by Crippen LogP contribution is 2.35. The van der Waals surface area contributed by atoms with E-state index in [0.29, 0.717) is 31.8 Å². The molecule has 0 radical (unpaired) electrons. The van der Waals surface area contributed by atoms with Crippen LogP contribution in [0, 0.1) is 5.92 Å². The van der Waals surface area contributed by atoms with Gasteiger partial charge in [0.2, 0.25) is 5.91 Å².